The summed E-state index contributed by atoms with van der Waals surface area (Å²) in [5, 5.41) is 62.5. The Bertz CT molecular complexity index is 1100. The highest BCUT2D eigenvalue weighted by Crippen LogP contribution is 2.39. The number of phosphoric ester groups is 1. The number of aliphatic hydroxyl groups excluding tert-OH is 6. The third-order valence-corrected chi connectivity index (χ3v) is 6.07. The number of ether oxygens (including phenoxy) is 2. The minimum atomic E-state index is -4.89. The van der Waals surface area contributed by atoms with Crippen molar-refractivity contribution in [2.24, 2.45) is 0 Å². The average Bonchev–Trinajstić information content (AvgIpc) is 3.33. The molecule has 4 heterocycles. The van der Waals surface area contributed by atoms with Gasteiger partial charge in [-0.1, -0.05) is 0 Å². The standard InChI is InChI=1S/C16H23FN5O12P/c17-16-20-12(19-14-10(27)9(26)7(24)4(1-23)33-14)6-13(21-16)22(3-18-6)15-11(28)8(25)5(34-15)2-32-35(29,30)31/h3-5,7-11,14-15,23-28H,1-2H2,(H,19,20,21)(H2,29,30,31)/t4-,5-,7-,8-,9+,10-,11+,14?,15-/m1/s1. The van der Waals surface area contributed by atoms with Crippen LogP contribution in [0.15, 0.2) is 6.33 Å². The number of hydrogen-bond acceptors (Lipinski definition) is 14. The minimum Gasteiger partial charge on any atom is -0.394 e. The number of halogens is 1. The molecule has 2 aromatic rings. The summed E-state index contributed by atoms with van der Waals surface area (Å²) >= 11 is 0. The Morgan fingerprint density at radius 3 is 2.37 bits per heavy atom. The molecule has 2 fully saturated rings. The lowest BCUT2D eigenvalue weighted by atomic mass is 9.98. The first kappa shape index (κ1) is 26.1. The zero-order valence-corrected chi connectivity index (χ0v) is 18.4. The second-order valence-electron chi connectivity index (χ2n) is 7.89. The predicted octanol–water partition coefficient (Wildman–Crippen LogP) is -4.09. The van der Waals surface area contributed by atoms with Crippen molar-refractivity contribution in [1.82, 2.24) is 19.5 Å². The molecule has 0 spiro atoms. The van der Waals surface area contributed by atoms with Crippen molar-refractivity contribution in [3.05, 3.63) is 12.4 Å². The van der Waals surface area contributed by atoms with Gasteiger partial charge in [-0.25, -0.2) is 9.55 Å². The summed E-state index contributed by atoms with van der Waals surface area (Å²) in [4.78, 5) is 28.8. The van der Waals surface area contributed by atoms with E-state index in [-0.39, 0.29) is 17.0 Å². The molecule has 9 N–H and O–H groups in total. The van der Waals surface area contributed by atoms with E-state index in [1.807, 2.05) is 0 Å². The second-order valence-corrected chi connectivity index (χ2v) is 9.13. The highest BCUT2D eigenvalue weighted by molar-refractivity contribution is 7.46. The molecule has 0 radical (unpaired) electrons. The molecule has 19 heteroatoms. The van der Waals surface area contributed by atoms with Gasteiger partial charge in [0.05, 0.1) is 19.5 Å². The fraction of sp³-hybridized carbons (Fsp3) is 0.688. The van der Waals surface area contributed by atoms with Gasteiger partial charge in [0.15, 0.2) is 29.4 Å². The highest BCUT2D eigenvalue weighted by atomic mass is 31.2. The van der Waals surface area contributed by atoms with Gasteiger partial charge < -0.3 is 55.2 Å². The molecule has 0 aromatic carbocycles. The molecule has 2 aromatic heterocycles. The number of aromatic nitrogens is 4. The maximum atomic E-state index is 14.3. The van der Waals surface area contributed by atoms with Crippen LogP contribution in [0, 0.1) is 6.08 Å². The zero-order valence-electron chi connectivity index (χ0n) is 17.5. The fourth-order valence-electron chi connectivity index (χ4n) is 3.80. The molecular weight excluding hydrogens is 504 g/mol. The third-order valence-electron chi connectivity index (χ3n) is 5.58. The van der Waals surface area contributed by atoms with Gasteiger partial charge in [0.1, 0.15) is 42.7 Å². The number of aliphatic hydroxyl groups is 6. The van der Waals surface area contributed by atoms with E-state index in [0.29, 0.717) is 0 Å². The van der Waals surface area contributed by atoms with Crippen LogP contribution < -0.4 is 5.32 Å². The van der Waals surface area contributed by atoms with Gasteiger partial charge in [-0.05, 0) is 0 Å². The van der Waals surface area contributed by atoms with Crippen LogP contribution in [-0.4, -0.2) is 122 Å². The summed E-state index contributed by atoms with van der Waals surface area (Å²) in [6, 6.07) is 0. The summed E-state index contributed by atoms with van der Waals surface area (Å²) < 4.78 is 41.3. The monoisotopic (exact) mass is 527 g/mol. The maximum absolute atomic E-state index is 14.3. The summed E-state index contributed by atoms with van der Waals surface area (Å²) in [6.07, 6.45) is -14.1. The Kier molecular flexibility index (Phi) is 7.36. The van der Waals surface area contributed by atoms with Crippen LogP contribution in [0.3, 0.4) is 0 Å². The largest absolute Gasteiger partial charge is 0.469 e. The van der Waals surface area contributed by atoms with Crippen molar-refractivity contribution in [2.75, 3.05) is 18.5 Å². The van der Waals surface area contributed by atoms with E-state index >= 15 is 0 Å². The number of hydrogen-bond donors (Lipinski definition) is 9. The van der Waals surface area contributed by atoms with Crippen molar-refractivity contribution in [1.29, 1.82) is 0 Å². The summed E-state index contributed by atoms with van der Waals surface area (Å²) in [5.74, 6) is -0.329. The summed E-state index contributed by atoms with van der Waals surface area (Å²) in [6.45, 7) is -1.46. The van der Waals surface area contributed by atoms with Crippen LogP contribution in [0.1, 0.15) is 6.23 Å². The molecule has 35 heavy (non-hydrogen) atoms. The molecule has 2 aliphatic rings. The Hall–Kier alpha value is -1.93. The number of nitrogens with zero attached hydrogens (tertiary/aromatic N) is 4. The van der Waals surface area contributed by atoms with Crippen LogP contribution in [0.25, 0.3) is 11.2 Å². The van der Waals surface area contributed by atoms with Crippen LogP contribution >= 0.6 is 7.82 Å². The molecule has 17 nitrogen and oxygen atoms in total. The third kappa shape index (κ3) is 5.15. The number of fused-ring (bicyclic) bond motifs is 1. The van der Waals surface area contributed by atoms with Crippen molar-refractivity contribution in [3.8, 4) is 0 Å². The minimum absolute atomic E-state index is 0.122. The lowest BCUT2D eigenvalue weighted by Gasteiger charge is -2.40. The van der Waals surface area contributed by atoms with Gasteiger partial charge in [-0.15, -0.1) is 0 Å². The van der Waals surface area contributed by atoms with E-state index in [1.54, 1.807) is 0 Å². The van der Waals surface area contributed by atoms with Crippen LogP contribution in [0.4, 0.5) is 10.2 Å². The Morgan fingerprint density at radius 1 is 1.03 bits per heavy atom. The van der Waals surface area contributed by atoms with Gasteiger partial charge in [0.2, 0.25) is 0 Å². The number of imidazole rings is 1. The van der Waals surface area contributed by atoms with E-state index in [4.69, 9.17) is 19.3 Å². The molecule has 1 unspecified atom stereocenters. The second kappa shape index (κ2) is 9.85. The Morgan fingerprint density at radius 2 is 1.71 bits per heavy atom. The number of nitrogens with one attached hydrogen (secondary N) is 1. The summed E-state index contributed by atoms with van der Waals surface area (Å²) in [5.41, 5.74) is -0.374. The van der Waals surface area contributed by atoms with Gasteiger partial charge in [-0.2, -0.15) is 14.4 Å². The topological polar surface area (TPSA) is 262 Å². The molecule has 0 aliphatic carbocycles. The van der Waals surface area contributed by atoms with Gasteiger partial charge in [-0.3, -0.25) is 9.09 Å². The first-order valence-electron chi connectivity index (χ1n) is 10.1. The van der Waals surface area contributed by atoms with Crippen molar-refractivity contribution < 1.29 is 63.4 Å². The first-order valence-corrected chi connectivity index (χ1v) is 11.6. The number of anilines is 1. The number of phosphoric acid groups is 1. The Balaban J connectivity index is 1.60. The van der Waals surface area contributed by atoms with Crippen molar-refractivity contribution in [3.63, 3.8) is 0 Å². The van der Waals surface area contributed by atoms with Crippen molar-refractivity contribution in [2.45, 2.75) is 55.2 Å². The van der Waals surface area contributed by atoms with Crippen LogP contribution in [0.5, 0.6) is 0 Å². The molecule has 9 atom stereocenters. The van der Waals surface area contributed by atoms with Gasteiger partial charge in [0, 0.05) is 0 Å². The molecule has 0 bridgehead atoms. The SMILES string of the molecule is O=P(O)(O)OC[C@H]1O[C@@H](n2cnc3c(NC4O[C@H](CO)[C@@H](O)[C@H](O)[C@H]4O)nc(F)nc32)[C@@H](O)[C@@H]1O. The smallest absolute Gasteiger partial charge is 0.394 e. The van der Waals surface area contributed by atoms with E-state index in [1.165, 1.54) is 0 Å². The van der Waals surface area contributed by atoms with E-state index in [0.717, 1.165) is 10.9 Å². The Labute approximate surface area is 194 Å². The molecule has 4 rings (SSSR count). The fourth-order valence-corrected chi connectivity index (χ4v) is 4.14. The predicted molar refractivity (Wildman–Crippen MR) is 107 cm³/mol. The normalized spacial score (nSPS) is 36.1. The zero-order chi connectivity index (χ0) is 25.7. The highest BCUT2D eigenvalue weighted by Gasteiger charge is 2.46. The number of rotatable bonds is 7. The average molecular weight is 527 g/mol. The summed E-state index contributed by atoms with van der Waals surface area (Å²) in [7, 11) is -4.89. The van der Waals surface area contributed by atoms with Gasteiger partial charge >= 0.3 is 13.9 Å². The molecule has 0 saturated carbocycles. The van der Waals surface area contributed by atoms with Crippen LogP contribution in [-0.2, 0) is 18.6 Å². The maximum Gasteiger partial charge on any atom is 0.469 e. The van der Waals surface area contributed by atoms with E-state index in [9.17, 15) is 39.6 Å². The van der Waals surface area contributed by atoms with Crippen molar-refractivity contribution >= 4 is 24.8 Å². The molecule has 2 saturated heterocycles. The molecule has 0 amide bonds. The molecule has 2 aliphatic heterocycles. The first-order chi connectivity index (χ1) is 16.4. The lowest BCUT2D eigenvalue weighted by molar-refractivity contribution is -0.221. The van der Waals surface area contributed by atoms with Crippen LogP contribution in [0.2, 0.25) is 0 Å². The molecular formula is C16H23FN5O12P. The quantitative estimate of drug-likeness (QED) is 0.122. The van der Waals surface area contributed by atoms with Gasteiger partial charge in [0.25, 0.3) is 0 Å². The lowest BCUT2D eigenvalue weighted by Crippen LogP contribution is -2.60. The van der Waals surface area contributed by atoms with E-state index < -0.39 is 82.3 Å². The molecule has 196 valence electrons. The van der Waals surface area contributed by atoms with E-state index in [2.05, 4.69) is 24.8 Å².